The lowest BCUT2D eigenvalue weighted by Gasteiger charge is -2.38. The van der Waals surface area contributed by atoms with Crippen LogP contribution in [0, 0.1) is 5.41 Å². The van der Waals surface area contributed by atoms with Gasteiger partial charge in [0.1, 0.15) is 0 Å². The number of nitrogens with zero attached hydrogens (tertiary/aromatic N) is 7. The van der Waals surface area contributed by atoms with Crippen molar-refractivity contribution in [3.63, 3.8) is 0 Å². The molecule has 0 aliphatic carbocycles. The highest BCUT2D eigenvalue weighted by atomic mass is 16.5. The highest BCUT2D eigenvalue weighted by molar-refractivity contribution is 4.80. The van der Waals surface area contributed by atoms with E-state index in [9.17, 15) is 15.3 Å². The van der Waals surface area contributed by atoms with Crippen LogP contribution < -0.4 is 0 Å². The molecule has 588 valence electrons. The summed E-state index contributed by atoms with van der Waals surface area (Å²) in [5, 5.41) is 28.4. The minimum absolute atomic E-state index is 0.102. The lowest BCUT2D eigenvalue weighted by molar-refractivity contribution is -0.0698. The maximum Gasteiger partial charge on any atom is 0.0678 e. The number of rotatable bonds is 35. The molecule has 7 aliphatic heterocycles. The molecule has 0 saturated carbocycles. The van der Waals surface area contributed by atoms with E-state index >= 15 is 0 Å². The van der Waals surface area contributed by atoms with Crippen LogP contribution >= 0.6 is 0 Å². The number of piperidine rings is 6. The Hall–Kier alpha value is -0.720. The third-order valence-electron chi connectivity index (χ3n) is 18.3. The fraction of sp³-hybridized carbons (Fsp3) is 1.00. The molecule has 98 heavy (non-hydrogen) atoms. The molecule has 0 amide bonds. The molecule has 7 saturated heterocycles. The van der Waals surface area contributed by atoms with Gasteiger partial charge in [-0.25, -0.2) is 0 Å². The van der Waals surface area contributed by atoms with Gasteiger partial charge in [-0.1, -0.05) is 26.7 Å². The molecule has 0 bridgehead atoms. The molecular formula is C80H167N7O11. The molecule has 0 aromatic heterocycles. The highest BCUT2D eigenvalue weighted by Crippen LogP contribution is 2.28. The topological polar surface area (TPSA) is 157 Å². The predicted octanol–water partition coefficient (Wildman–Crippen LogP) is 13.2. The molecule has 18 heteroatoms. The zero-order chi connectivity index (χ0) is 72.8. The van der Waals surface area contributed by atoms with Crippen LogP contribution in [-0.4, -0.2) is 307 Å². The van der Waals surface area contributed by atoms with Gasteiger partial charge < -0.3 is 82.6 Å². The molecule has 7 rings (SSSR count). The summed E-state index contributed by atoms with van der Waals surface area (Å²) in [5.74, 6) is 0. The quantitative estimate of drug-likeness (QED) is 0.0514. The molecule has 3 unspecified atom stereocenters. The normalized spacial score (nSPS) is 23.4. The van der Waals surface area contributed by atoms with Gasteiger partial charge in [0.25, 0.3) is 0 Å². The Morgan fingerprint density at radius 3 is 0.908 bits per heavy atom. The molecule has 5 atom stereocenters. The Bertz CT molecular complexity index is 1610. The number of hydrogen-bond donors (Lipinski definition) is 3. The van der Waals surface area contributed by atoms with E-state index in [0.717, 1.165) is 196 Å². The first-order chi connectivity index (χ1) is 46.7. The van der Waals surface area contributed by atoms with Crippen LogP contribution in [0.15, 0.2) is 0 Å². The second-order valence-corrected chi connectivity index (χ2v) is 32.1. The van der Waals surface area contributed by atoms with Crippen molar-refractivity contribution in [3.8, 4) is 0 Å². The first kappa shape index (κ1) is 95.3. The lowest BCUT2D eigenvalue weighted by Crippen LogP contribution is -2.45. The zero-order valence-corrected chi connectivity index (χ0v) is 67.8. The van der Waals surface area contributed by atoms with Gasteiger partial charge in [0.2, 0.25) is 0 Å². The molecule has 3 N–H and O–H groups in total. The maximum atomic E-state index is 9.45. The largest absolute Gasteiger partial charge is 0.392 e. The minimum atomic E-state index is -0.102. The standard InChI is InChI=1S/C13H27NO.C12H25NO2.C12H25NO.3C11H23NO2.C10H21NO/c1-12(2)15-10-6-9-14-8-5-7-13(3,4)11-14;1-10(2)14-7-5-6-13-8-11(3)15-12(4)9-13;1-12(2)14-11-7-6-10-13-8-4-3-5-9-13;3*1-10(2)14-8-4-7-12-6-3-5-11(13)9-12;1-10(2)12-9-8-11-6-4-3-5-7-11/h12H,5-11H2,1-4H3;10-12H,5-9H2,1-4H3;12H,3-11H2,1-2H3;3*10-11,13H,3-9H2,1-2H3;10H,3-9H2,1-2H3/t;;;2*11-;;/m...10../s1. The first-order valence-electron chi connectivity index (χ1n) is 40.8. The minimum Gasteiger partial charge on any atom is -0.392 e. The molecule has 18 nitrogen and oxygen atoms in total. The summed E-state index contributed by atoms with van der Waals surface area (Å²) in [5.41, 5.74) is 0.525. The van der Waals surface area contributed by atoms with E-state index in [1.54, 1.807) is 0 Å². The van der Waals surface area contributed by atoms with Gasteiger partial charge in [-0.05, 0) is 297 Å². The van der Waals surface area contributed by atoms with Gasteiger partial charge in [-0.15, -0.1) is 0 Å². The summed E-state index contributed by atoms with van der Waals surface area (Å²) >= 11 is 0. The smallest absolute Gasteiger partial charge is 0.0678 e. The number of β-amino-alcohol motifs (C(OH)–C–C–N with tert-alkyl or cyclic N) is 3. The van der Waals surface area contributed by atoms with Crippen LogP contribution in [0.4, 0.5) is 0 Å². The van der Waals surface area contributed by atoms with Crippen LogP contribution in [0.5, 0.6) is 0 Å². The Morgan fingerprint density at radius 2 is 0.582 bits per heavy atom. The second kappa shape index (κ2) is 61.4. The first-order valence-corrected chi connectivity index (χ1v) is 40.8. The van der Waals surface area contributed by atoms with E-state index in [1.165, 1.54) is 123 Å². The molecule has 0 spiro atoms. The Morgan fingerprint density at radius 1 is 0.306 bits per heavy atom. The Kier molecular flexibility index (Phi) is 59.7. The number of unbranched alkanes of at least 4 members (excludes halogenated alkanes) is 1. The van der Waals surface area contributed by atoms with Crippen LogP contribution in [0.2, 0.25) is 0 Å². The maximum absolute atomic E-state index is 9.45. The van der Waals surface area contributed by atoms with E-state index < -0.39 is 0 Å². The van der Waals surface area contributed by atoms with E-state index in [1.807, 2.05) is 0 Å². The van der Waals surface area contributed by atoms with E-state index in [0.29, 0.717) is 60.4 Å². The molecule has 7 fully saturated rings. The zero-order valence-electron chi connectivity index (χ0n) is 67.8. The van der Waals surface area contributed by atoms with E-state index in [-0.39, 0.29) is 18.3 Å². The van der Waals surface area contributed by atoms with Crippen molar-refractivity contribution in [3.05, 3.63) is 0 Å². The van der Waals surface area contributed by atoms with E-state index in [2.05, 4.69) is 159 Å². The van der Waals surface area contributed by atoms with Gasteiger partial charge >= 0.3 is 0 Å². The van der Waals surface area contributed by atoms with Gasteiger partial charge in [0.05, 0.1) is 79.9 Å². The molecular weight excluding hydrogens is 1230 g/mol. The van der Waals surface area contributed by atoms with Gasteiger partial charge in [0, 0.05) is 118 Å². The SMILES string of the molecule is CC(C)OCCCCN1CCCCC1.CC(C)OCCCN1CC(C)OC(C)C1.CC(C)OCCCN1CCCC(C)(C)C1.CC(C)OCCCN1CCCC(O)C1.CC(C)OCCCN1CCC[C@@H](O)C1.CC(C)OCCCN1CCC[C@H](O)C1.CC(C)OCCN1CCCCC1. The van der Waals surface area contributed by atoms with Crippen LogP contribution in [0.25, 0.3) is 0 Å². The van der Waals surface area contributed by atoms with Gasteiger partial charge in [0.15, 0.2) is 0 Å². The monoisotopic (exact) mass is 1400 g/mol. The average Bonchev–Trinajstić information content (AvgIpc) is 0.974. The molecule has 7 heterocycles. The van der Waals surface area contributed by atoms with Crippen molar-refractivity contribution in [2.75, 3.05) is 184 Å². The number of ether oxygens (including phenoxy) is 8. The number of likely N-dealkylation sites (tertiary alicyclic amines) is 6. The summed E-state index contributed by atoms with van der Waals surface area (Å²) in [6.45, 7) is 68.0. The fourth-order valence-corrected chi connectivity index (χ4v) is 13.5. The van der Waals surface area contributed by atoms with E-state index in [4.69, 9.17) is 37.9 Å². The second-order valence-electron chi connectivity index (χ2n) is 32.1. The fourth-order valence-electron chi connectivity index (χ4n) is 13.5. The van der Waals surface area contributed by atoms with Gasteiger partial charge in [-0.2, -0.15) is 0 Å². The predicted molar refractivity (Wildman–Crippen MR) is 411 cm³/mol. The van der Waals surface area contributed by atoms with Crippen molar-refractivity contribution in [2.45, 2.75) is 333 Å². The molecule has 0 aromatic rings. The van der Waals surface area contributed by atoms with Crippen molar-refractivity contribution in [1.29, 1.82) is 0 Å². The summed E-state index contributed by atoms with van der Waals surface area (Å²) in [6.07, 6.45) is 28.5. The number of hydrogen-bond acceptors (Lipinski definition) is 18. The van der Waals surface area contributed by atoms with Crippen LogP contribution in [-0.2, 0) is 37.9 Å². The van der Waals surface area contributed by atoms with Crippen molar-refractivity contribution in [2.24, 2.45) is 5.41 Å². The summed E-state index contributed by atoms with van der Waals surface area (Å²) in [7, 11) is 0. The molecule has 7 aliphatic rings. The Labute approximate surface area is 606 Å². The lowest BCUT2D eigenvalue weighted by atomic mass is 9.84. The van der Waals surface area contributed by atoms with Crippen LogP contribution in [0.1, 0.15) is 259 Å². The number of aliphatic hydroxyl groups excluding tert-OH is 3. The molecule has 0 aromatic carbocycles. The van der Waals surface area contributed by atoms with Crippen molar-refractivity contribution in [1.82, 2.24) is 34.3 Å². The average molecular weight is 1400 g/mol. The van der Waals surface area contributed by atoms with Crippen molar-refractivity contribution < 1.29 is 53.2 Å². The summed E-state index contributed by atoms with van der Waals surface area (Å²) in [4.78, 5) is 17.2. The van der Waals surface area contributed by atoms with Crippen LogP contribution in [0.3, 0.4) is 0 Å². The molecule has 0 radical (unpaired) electrons. The van der Waals surface area contributed by atoms with Gasteiger partial charge in [-0.3, -0.25) is 4.90 Å². The third kappa shape index (κ3) is 60.5. The number of aliphatic hydroxyl groups is 3. The third-order valence-corrected chi connectivity index (χ3v) is 18.3. The summed E-state index contributed by atoms with van der Waals surface area (Å²) in [6, 6.07) is 0. The summed E-state index contributed by atoms with van der Waals surface area (Å²) < 4.78 is 44.2. The Balaban J connectivity index is 0.000000572. The van der Waals surface area contributed by atoms with Crippen molar-refractivity contribution >= 4 is 0 Å². The number of morpholine rings is 1. The highest BCUT2D eigenvalue weighted by Gasteiger charge is 2.26.